The first-order valence-corrected chi connectivity index (χ1v) is 16.4. The van der Waals surface area contributed by atoms with Crippen LogP contribution < -0.4 is 9.62 Å². The summed E-state index contributed by atoms with van der Waals surface area (Å²) in [6.07, 6.45) is 6.20. The van der Waals surface area contributed by atoms with Gasteiger partial charge < -0.3 is 10.2 Å². The summed E-state index contributed by atoms with van der Waals surface area (Å²) in [5.74, 6) is -0.578. The first-order chi connectivity index (χ1) is 20.2. The summed E-state index contributed by atoms with van der Waals surface area (Å²) in [6.45, 7) is 5.57. The summed E-state index contributed by atoms with van der Waals surface area (Å²) in [6, 6.07) is 22.9. The van der Waals surface area contributed by atoms with Gasteiger partial charge in [0.05, 0.1) is 10.6 Å². The summed E-state index contributed by atoms with van der Waals surface area (Å²) < 4.78 is 29.2. The van der Waals surface area contributed by atoms with Crippen molar-refractivity contribution in [2.45, 2.75) is 82.7 Å². The molecule has 1 N–H and O–H groups in total. The third-order valence-electron chi connectivity index (χ3n) is 8.05. The SMILES string of the molecule is CC[C@@H](C(=O)NC1CCCCC1)N(CCc1ccccc1)C(=O)CN(c1ccc(C)cc1C)S(=O)(=O)c1ccccc1. The van der Waals surface area contributed by atoms with Crippen LogP contribution in [0.4, 0.5) is 5.69 Å². The van der Waals surface area contributed by atoms with Crippen molar-refractivity contribution < 1.29 is 18.0 Å². The summed E-state index contributed by atoms with van der Waals surface area (Å²) in [7, 11) is -4.08. The molecular weight excluding hydrogens is 546 g/mol. The van der Waals surface area contributed by atoms with Crippen molar-refractivity contribution in [2.75, 3.05) is 17.4 Å². The summed E-state index contributed by atoms with van der Waals surface area (Å²) in [5, 5.41) is 3.20. The second kappa shape index (κ2) is 14.5. The van der Waals surface area contributed by atoms with Gasteiger partial charge in [0.2, 0.25) is 11.8 Å². The number of amides is 2. The molecule has 1 atom stereocenters. The Kier molecular flexibility index (Phi) is 10.8. The monoisotopic (exact) mass is 589 g/mol. The van der Waals surface area contributed by atoms with E-state index in [1.165, 1.54) is 22.9 Å². The Hall–Kier alpha value is -3.65. The summed E-state index contributed by atoms with van der Waals surface area (Å²) >= 11 is 0. The van der Waals surface area contributed by atoms with E-state index in [2.05, 4.69) is 5.32 Å². The highest BCUT2D eigenvalue weighted by molar-refractivity contribution is 7.92. The third-order valence-corrected chi connectivity index (χ3v) is 9.83. The van der Waals surface area contributed by atoms with E-state index in [1.807, 2.05) is 63.2 Å². The average Bonchev–Trinajstić information content (AvgIpc) is 2.99. The minimum Gasteiger partial charge on any atom is -0.352 e. The van der Waals surface area contributed by atoms with Gasteiger partial charge in [-0.1, -0.05) is 92.4 Å². The molecule has 42 heavy (non-hydrogen) atoms. The first-order valence-electron chi connectivity index (χ1n) is 15.0. The van der Waals surface area contributed by atoms with Crippen molar-refractivity contribution in [3.63, 3.8) is 0 Å². The maximum absolute atomic E-state index is 14.2. The van der Waals surface area contributed by atoms with Gasteiger partial charge in [0.15, 0.2) is 0 Å². The Morgan fingerprint density at radius 2 is 1.55 bits per heavy atom. The number of carbonyl (C=O) groups is 2. The van der Waals surface area contributed by atoms with Crippen LogP contribution >= 0.6 is 0 Å². The van der Waals surface area contributed by atoms with Crippen molar-refractivity contribution in [1.29, 1.82) is 0 Å². The lowest BCUT2D eigenvalue weighted by Crippen LogP contribution is -2.54. The van der Waals surface area contributed by atoms with Crippen LogP contribution in [-0.4, -0.2) is 50.3 Å². The summed E-state index contributed by atoms with van der Waals surface area (Å²) in [5.41, 5.74) is 3.23. The number of hydrogen-bond acceptors (Lipinski definition) is 4. The van der Waals surface area contributed by atoms with E-state index in [-0.39, 0.29) is 16.8 Å². The molecule has 0 spiro atoms. The lowest BCUT2D eigenvalue weighted by Gasteiger charge is -2.34. The van der Waals surface area contributed by atoms with E-state index in [0.29, 0.717) is 25.1 Å². The molecule has 4 rings (SSSR count). The largest absolute Gasteiger partial charge is 0.352 e. The van der Waals surface area contributed by atoms with E-state index in [9.17, 15) is 18.0 Å². The predicted octanol–water partition coefficient (Wildman–Crippen LogP) is 5.80. The highest BCUT2D eigenvalue weighted by Crippen LogP contribution is 2.28. The Morgan fingerprint density at radius 1 is 0.905 bits per heavy atom. The molecule has 1 aliphatic rings. The Morgan fingerprint density at radius 3 is 2.17 bits per heavy atom. The zero-order valence-electron chi connectivity index (χ0n) is 25.0. The molecule has 3 aromatic carbocycles. The van der Waals surface area contributed by atoms with E-state index in [0.717, 1.165) is 42.4 Å². The molecule has 1 saturated carbocycles. The molecule has 0 radical (unpaired) electrons. The van der Waals surface area contributed by atoms with E-state index in [1.54, 1.807) is 29.2 Å². The van der Waals surface area contributed by atoms with Gasteiger partial charge in [-0.25, -0.2) is 8.42 Å². The fourth-order valence-electron chi connectivity index (χ4n) is 5.76. The molecule has 0 saturated heterocycles. The van der Waals surface area contributed by atoms with Crippen LogP contribution in [0.3, 0.4) is 0 Å². The molecule has 1 fully saturated rings. The van der Waals surface area contributed by atoms with Crippen LogP contribution in [0.25, 0.3) is 0 Å². The lowest BCUT2D eigenvalue weighted by atomic mass is 9.95. The smallest absolute Gasteiger partial charge is 0.264 e. The first kappa shape index (κ1) is 31.3. The number of hydrogen-bond donors (Lipinski definition) is 1. The van der Waals surface area contributed by atoms with Crippen LogP contribution in [0.1, 0.15) is 62.1 Å². The molecule has 8 heteroatoms. The molecule has 224 valence electrons. The number of carbonyl (C=O) groups excluding carboxylic acids is 2. The number of rotatable bonds is 12. The van der Waals surface area contributed by atoms with Gasteiger partial charge in [0, 0.05) is 12.6 Å². The minimum atomic E-state index is -4.08. The van der Waals surface area contributed by atoms with Crippen molar-refractivity contribution in [1.82, 2.24) is 10.2 Å². The maximum atomic E-state index is 14.2. The molecule has 0 aliphatic heterocycles. The number of sulfonamides is 1. The molecule has 1 aliphatic carbocycles. The number of aryl methyl sites for hydroxylation is 2. The van der Waals surface area contributed by atoms with Gasteiger partial charge in [-0.2, -0.15) is 0 Å². The molecule has 0 heterocycles. The predicted molar refractivity (Wildman–Crippen MR) is 168 cm³/mol. The van der Waals surface area contributed by atoms with E-state index < -0.39 is 28.5 Å². The number of anilines is 1. The standard InChI is InChI=1S/C34H43N3O4S/c1-4-31(34(39)35-29-16-10-6-11-17-29)36(23-22-28-14-8-5-9-15-28)33(38)25-37(32-21-20-26(2)24-27(32)3)42(40,41)30-18-12-7-13-19-30/h5,7-9,12-15,18-21,24,29,31H,4,6,10-11,16-17,22-23,25H2,1-3H3,(H,35,39)/t31-/m0/s1. The highest BCUT2D eigenvalue weighted by Gasteiger charge is 2.34. The second-order valence-electron chi connectivity index (χ2n) is 11.2. The minimum absolute atomic E-state index is 0.107. The summed E-state index contributed by atoms with van der Waals surface area (Å²) in [4.78, 5) is 29.6. The van der Waals surface area contributed by atoms with Crippen LogP contribution in [0.15, 0.2) is 83.8 Å². The number of nitrogens with zero attached hydrogens (tertiary/aromatic N) is 2. The van der Waals surface area contributed by atoms with Gasteiger partial charge >= 0.3 is 0 Å². The van der Waals surface area contributed by atoms with E-state index in [4.69, 9.17) is 0 Å². The maximum Gasteiger partial charge on any atom is 0.264 e. The van der Waals surface area contributed by atoms with Gasteiger partial charge in [-0.15, -0.1) is 0 Å². The van der Waals surface area contributed by atoms with Crippen LogP contribution in [-0.2, 0) is 26.0 Å². The van der Waals surface area contributed by atoms with Gasteiger partial charge in [0.1, 0.15) is 12.6 Å². The van der Waals surface area contributed by atoms with Gasteiger partial charge in [-0.3, -0.25) is 13.9 Å². The molecule has 2 amide bonds. The topological polar surface area (TPSA) is 86.8 Å². The van der Waals surface area contributed by atoms with Crippen LogP contribution in [0.5, 0.6) is 0 Å². The Labute approximate surface area is 251 Å². The third kappa shape index (κ3) is 7.79. The normalized spacial score (nSPS) is 14.6. The molecule has 0 unspecified atom stereocenters. The molecular formula is C34H43N3O4S. The van der Waals surface area contributed by atoms with Gasteiger partial charge in [-0.05, 0) is 68.9 Å². The number of nitrogens with one attached hydrogen (secondary N) is 1. The lowest BCUT2D eigenvalue weighted by molar-refractivity contribution is -0.140. The van der Waals surface area contributed by atoms with Crippen LogP contribution in [0.2, 0.25) is 0 Å². The quantitative estimate of drug-likeness (QED) is 0.289. The van der Waals surface area contributed by atoms with Gasteiger partial charge in [0.25, 0.3) is 10.0 Å². The second-order valence-corrected chi connectivity index (χ2v) is 13.1. The Bertz CT molecular complexity index is 1440. The average molecular weight is 590 g/mol. The van der Waals surface area contributed by atoms with Crippen molar-refractivity contribution in [3.8, 4) is 0 Å². The zero-order valence-corrected chi connectivity index (χ0v) is 25.8. The Balaban J connectivity index is 1.68. The van der Waals surface area contributed by atoms with Crippen molar-refractivity contribution >= 4 is 27.5 Å². The molecule has 0 bridgehead atoms. The van der Waals surface area contributed by atoms with E-state index >= 15 is 0 Å². The molecule has 0 aromatic heterocycles. The van der Waals surface area contributed by atoms with Crippen molar-refractivity contribution in [2.24, 2.45) is 0 Å². The molecule has 3 aromatic rings. The highest BCUT2D eigenvalue weighted by atomic mass is 32.2. The van der Waals surface area contributed by atoms with Crippen molar-refractivity contribution in [3.05, 3.63) is 95.6 Å². The fourth-order valence-corrected chi connectivity index (χ4v) is 7.26. The number of benzene rings is 3. The van der Waals surface area contributed by atoms with Crippen LogP contribution in [0, 0.1) is 13.8 Å². The fraction of sp³-hybridized carbons (Fsp3) is 0.412. The molecule has 7 nitrogen and oxygen atoms in total. The zero-order chi connectivity index (χ0) is 30.1.